The van der Waals surface area contributed by atoms with E-state index in [2.05, 4.69) is 0 Å². The molecule has 2 aromatic rings. The second-order valence-electron chi connectivity index (χ2n) is 4.12. The van der Waals surface area contributed by atoms with E-state index < -0.39 is 0 Å². The van der Waals surface area contributed by atoms with Gasteiger partial charge in [-0.25, -0.2) is 0 Å². The maximum atomic E-state index is 12.2. The molecule has 0 saturated heterocycles. The molecule has 0 spiro atoms. The lowest BCUT2D eigenvalue weighted by Crippen LogP contribution is -2.05. The molecule has 19 heavy (non-hydrogen) atoms. The highest BCUT2D eigenvalue weighted by Crippen LogP contribution is 2.31. The fourth-order valence-corrected chi connectivity index (χ4v) is 1.99. The van der Waals surface area contributed by atoms with Crippen LogP contribution in [-0.4, -0.2) is 20.0 Å². The SMILES string of the molecule is COc1cccc(CC(=O)c2ccccc2)c1OC. The van der Waals surface area contributed by atoms with E-state index in [1.165, 1.54) is 0 Å². The van der Waals surface area contributed by atoms with Crippen LogP contribution in [0, 0.1) is 0 Å². The van der Waals surface area contributed by atoms with Gasteiger partial charge in [0, 0.05) is 17.5 Å². The summed E-state index contributed by atoms with van der Waals surface area (Å²) in [6.07, 6.45) is 0.296. The summed E-state index contributed by atoms with van der Waals surface area (Å²) in [4.78, 5) is 12.2. The number of carbonyl (C=O) groups is 1. The van der Waals surface area contributed by atoms with Crippen LogP contribution in [0.3, 0.4) is 0 Å². The van der Waals surface area contributed by atoms with E-state index in [1.54, 1.807) is 14.2 Å². The molecular formula is C16H16O3. The lowest BCUT2D eigenvalue weighted by Gasteiger charge is -2.12. The molecule has 0 aliphatic carbocycles. The van der Waals surface area contributed by atoms with Crippen molar-refractivity contribution in [3.05, 3.63) is 59.7 Å². The summed E-state index contributed by atoms with van der Waals surface area (Å²) >= 11 is 0. The number of hydrogen-bond donors (Lipinski definition) is 0. The normalized spacial score (nSPS) is 10.0. The standard InChI is InChI=1S/C16H16O3/c1-18-15-10-6-9-13(16(15)19-2)11-14(17)12-7-4-3-5-8-12/h3-10H,11H2,1-2H3. The Hall–Kier alpha value is -2.29. The monoisotopic (exact) mass is 256 g/mol. The Labute approximate surface area is 112 Å². The number of Topliss-reactive ketones (excluding diaryl/α,β-unsaturated/α-hetero) is 1. The van der Waals surface area contributed by atoms with Crippen LogP contribution in [0.15, 0.2) is 48.5 Å². The third-order valence-electron chi connectivity index (χ3n) is 2.93. The molecule has 2 aromatic carbocycles. The van der Waals surface area contributed by atoms with Gasteiger partial charge in [0.2, 0.25) is 0 Å². The molecule has 0 unspecified atom stereocenters. The molecule has 0 radical (unpaired) electrons. The summed E-state index contributed by atoms with van der Waals surface area (Å²) in [6, 6.07) is 14.8. The van der Waals surface area contributed by atoms with Gasteiger partial charge in [-0.3, -0.25) is 4.79 Å². The second kappa shape index (κ2) is 6.05. The first-order valence-corrected chi connectivity index (χ1v) is 6.04. The van der Waals surface area contributed by atoms with Crippen molar-refractivity contribution >= 4 is 5.78 Å². The van der Waals surface area contributed by atoms with Gasteiger partial charge in [-0.15, -0.1) is 0 Å². The number of para-hydroxylation sites is 1. The molecule has 98 valence electrons. The lowest BCUT2D eigenvalue weighted by molar-refractivity contribution is 0.0992. The number of rotatable bonds is 5. The zero-order valence-electron chi connectivity index (χ0n) is 11.1. The lowest BCUT2D eigenvalue weighted by atomic mass is 10.0. The van der Waals surface area contributed by atoms with E-state index >= 15 is 0 Å². The molecule has 0 aliphatic rings. The second-order valence-corrected chi connectivity index (χ2v) is 4.12. The van der Waals surface area contributed by atoms with E-state index in [1.807, 2.05) is 48.5 Å². The molecular weight excluding hydrogens is 240 g/mol. The van der Waals surface area contributed by atoms with Crippen LogP contribution in [-0.2, 0) is 6.42 Å². The fourth-order valence-electron chi connectivity index (χ4n) is 1.99. The fraction of sp³-hybridized carbons (Fsp3) is 0.188. The van der Waals surface area contributed by atoms with E-state index in [4.69, 9.17) is 9.47 Å². The molecule has 0 heterocycles. The first-order chi connectivity index (χ1) is 9.26. The topological polar surface area (TPSA) is 35.5 Å². The minimum absolute atomic E-state index is 0.0622. The predicted octanol–water partition coefficient (Wildman–Crippen LogP) is 3.13. The van der Waals surface area contributed by atoms with Crippen molar-refractivity contribution in [2.75, 3.05) is 14.2 Å². The van der Waals surface area contributed by atoms with Crippen molar-refractivity contribution in [2.24, 2.45) is 0 Å². The average molecular weight is 256 g/mol. The summed E-state index contributed by atoms with van der Waals surface area (Å²) < 4.78 is 10.6. The molecule has 0 saturated carbocycles. The minimum atomic E-state index is 0.0622. The molecule has 3 nitrogen and oxygen atoms in total. The molecule has 0 atom stereocenters. The number of ether oxygens (including phenoxy) is 2. The minimum Gasteiger partial charge on any atom is -0.493 e. The molecule has 3 heteroatoms. The summed E-state index contributed by atoms with van der Waals surface area (Å²) in [5.74, 6) is 1.32. The van der Waals surface area contributed by atoms with Gasteiger partial charge in [0.25, 0.3) is 0 Å². The van der Waals surface area contributed by atoms with Crippen LogP contribution in [0.25, 0.3) is 0 Å². The van der Waals surface area contributed by atoms with Crippen LogP contribution >= 0.6 is 0 Å². The molecule has 0 aliphatic heterocycles. The summed E-state index contributed by atoms with van der Waals surface area (Å²) in [7, 11) is 3.16. The Bertz CT molecular complexity index is 561. The van der Waals surface area contributed by atoms with Gasteiger partial charge in [0.05, 0.1) is 14.2 Å². The summed E-state index contributed by atoms with van der Waals surface area (Å²) in [5, 5.41) is 0. The van der Waals surface area contributed by atoms with Gasteiger partial charge >= 0.3 is 0 Å². The van der Waals surface area contributed by atoms with Crippen molar-refractivity contribution in [3.63, 3.8) is 0 Å². The highest BCUT2D eigenvalue weighted by atomic mass is 16.5. The Balaban J connectivity index is 2.26. The summed E-state index contributed by atoms with van der Waals surface area (Å²) in [5.41, 5.74) is 1.53. The van der Waals surface area contributed by atoms with Crippen molar-refractivity contribution in [1.29, 1.82) is 0 Å². The molecule has 2 rings (SSSR count). The van der Waals surface area contributed by atoms with Crippen LogP contribution in [0.2, 0.25) is 0 Å². The van der Waals surface area contributed by atoms with E-state index in [9.17, 15) is 4.79 Å². The molecule has 0 fully saturated rings. The van der Waals surface area contributed by atoms with Gasteiger partial charge in [0.15, 0.2) is 17.3 Å². The zero-order chi connectivity index (χ0) is 13.7. The molecule has 0 amide bonds. The number of hydrogen-bond acceptors (Lipinski definition) is 3. The van der Waals surface area contributed by atoms with Gasteiger partial charge in [-0.2, -0.15) is 0 Å². The first kappa shape index (κ1) is 13.1. The maximum absolute atomic E-state index is 12.2. The number of methoxy groups -OCH3 is 2. The quantitative estimate of drug-likeness (QED) is 0.771. The number of carbonyl (C=O) groups excluding carboxylic acids is 1. The third kappa shape index (κ3) is 2.94. The van der Waals surface area contributed by atoms with Gasteiger partial charge in [-0.05, 0) is 6.07 Å². The van der Waals surface area contributed by atoms with Gasteiger partial charge in [0.1, 0.15) is 0 Å². The van der Waals surface area contributed by atoms with Crippen molar-refractivity contribution in [1.82, 2.24) is 0 Å². The van der Waals surface area contributed by atoms with E-state index in [-0.39, 0.29) is 5.78 Å². The number of benzene rings is 2. The highest BCUT2D eigenvalue weighted by molar-refractivity contribution is 5.97. The van der Waals surface area contributed by atoms with Crippen LogP contribution < -0.4 is 9.47 Å². The smallest absolute Gasteiger partial charge is 0.167 e. The largest absolute Gasteiger partial charge is 0.493 e. The van der Waals surface area contributed by atoms with E-state index in [0.29, 0.717) is 23.5 Å². The van der Waals surface area contributed by atoms with Crippen molar-refractivity contribution < 1.29 is 14.3 Å². The van der Waals surface area contributed by atoms with Crippen LogP contribution in [0.4, 0.5) is 0 Å². The Kier molecular flexibility index (Phi) is 4.18. The summed E-state index contributed by atoms with van der Waals surface area (Å²) in [6.45, 7) is 0. The van der Waals surface area contributed by atoms with Gasteiger partial charge in [-0.1, -0.05) is 42.5 Å². The molecule has 0 bridgehead atoms. The number of ketones is 1. The molecule has 0 N–H and O–H groups in total. The van der Waals surface area contributed by atoms with Crippen molar-refractivity contribution in [2.45, 2.75) is 6.42 Å². The van der Waals surface area contributed by atoms with Crippen molar-refractivity contribution in [3.8, 4) is 11.5 Å². The van der Waals surface area contributed by atoms with Gasteiger partial charge < -0.3 is 9.47 Å². The van der Waals surface area contributed by atoms with Crippen LogP contribution in [0.5, 0.6) is 11.5 Å². The Morgan fingerprint density at radius 3 is 2.32 bits per heavy atom. The zero-order valence-corrected chi connectivity index (χ0v) is 11.1. The highest BCUT2D eigenvalue weighted by Gasteiger charge is 2.13. The average Bonchev–Trinajstić information content (AvgIpc) is 2.47. The predicted molar refractivity (Wildman–Crippen MR) is 74.0 cm³/mol. The first-order valence-electron chi connectivity index (χ1n) is 6.04. The van der Waals surface area contributed by atoms with Crippen LogP contribution in [0.1, 0.15) is 15.9 Å². The van der Waals surface area contributed by atoms with E-state index in [0.717, 1.165) is 5.56 Å². The maximum Gasteiger partial charge on any atom is 0.167 e. The Morgan fingerprint density at radius 2 is 1.68 bits per heavy atom. The third-order valence-corrected chi connectivity index (χ3v) is 2.93. The molecule has 0 aromatic heterocycles. The Morgan fingerprint density at radius 1 is 0.947 bits per heavy atom.